The predicted octanol–water partition coefficient (Wildman–Crippen LogP) is 8.22. The monoisotopic (exact) mass is 698 g/mol. The third kappa shape index (κ3) is 6.19. The lowest BCUT2D eigenvalue weighted by atomic mass is 9.52. The van der Waals surface area contributed by atoms with Crippen LogP contribution in [0.1, 0.15) is 94.4 Å². The lowest BCUT2D eigenvalue weighted by Crippen LogP contribution is -2.66. The lowest BCUT2D eigenvalue weighted by Gasteiger charge is -2.50. The van der Waals surface area contributed by atoms with Crippen molar-refractivity contribution in [3.8, 4) is 5.75 Å². The quantitative estimate of drug-likeness (QED) is 0.169. The van der Waals surface area contributed by atoms with Crippen LogP contribution in [0.25, 0.3) is 0 Å². The van der Waals surface area contributed by atoms with Crippen LogP contribution in [0.2, 0.25) is 0 Å². The highest BCUT2D eigenvalue weighted by Crippen LogP contribution is 2.75. The molecule has 7 heteroatoms. The Labute approximate surface area is 302 Å². The summed E-state index contributed by atoms with van der Waals surface area (Å²) in [6.45, 7) is 16.1. The zero-order chi connectivity index (χ0) is 35.2. The number of piperazine rings is 3. The largest absolute Gasteiger partial charge is 0.489 e. The van der Waals surface area contributed by atoms with Gasteiger partial charge in [-0.3, -0.25) is 4.90 Å². The predicted molar refractivity (Wildman–Crippen MR) is 205 cm³/mol. The van der Waals surface area contributed by atoms with Crippen LogP contribution in [-0.2, 0) is 28.4 Å². The average molecular weight is 699 g/mol. The zero-order valence-corrected chi connectivity index (χ0v) is 32.2. The van der Waals surface area contributed by atoms with E-state index >= 15 is 0 Å². The summed E-state index contributed by atoms with van der Waals surface area (Å²) in [6.07, 6.45) is 8.32. The zero-order valence-electron chi connectivity index (χ0n) is 31.3. The molecule has 1 saturated carbocycles. The van der Waals surface area contributed by atoms with Crippen LogP contribution in [0.5, 0.6) is 5.75 Å². The van der Waals surface area contributed by atoms with Crippen LogP contribution in [0.3, 0.4) is 0 Å². The second-order valence-corrected chi connectivity index (χ2v) is 18.6. The van der Waals surface area contributed by atoms with Crippen LogP contribution in [0.15, 0.2) is 71.6 Å². The molecule has 4 aliphatic heterocycles. The Morgan fingerprint density at radius 2 is 1.42 bits per heavy atom. The summed E-state index contributed by atoms with van der Waals surface area (Å²) >= 11 is 0. The summed E-state index contributed by atoms with van der Waals surface area (Å²) in [5.41, 5.74) is 4.98. The molecule has 270 valence electrons. The molecular formula is C43H60N3O3S+. The van der Waals surface area contributed by atoms with Gasteiger partial charge in [-0.05, 0) is 83.5 Å². The van der Waals surface area contributed by atoms with Crippen LogP contribution in [-0.4, -0.2) is 76.9 Å². The number of quaternary nitrogens is 1. The molecule has 0 N–H and O–H groups in total. The molecule has 0 aromatic heterocycles. The minimum absolute atomic E-state index is 0.120. The third-order valence-electron chi connectivity index (χ3n) is 13.6. The number of anilines is 1. The van der Waals surface area contributed by atoms with Gasteiger partial charge >= 0.3 is 0 Å². The SMILES string of the molecule is CCCCC1(CCCC)CS(=O)(=O)c2ccc(N(C)C)cc2C(C)(c2ccc(OCc3ccc(C[N+]45CCN(CC4)CC5)cc3)cc2)C12CC2. The van der Waals surface area contributed by atoms with E-state index in [2.05, 4.69) is 85.2 Å². The fourth-order valence-electron chi connectivity index (χ4n) is 10.3. The van der Waals surface area contributed by atoms with Gasteiger partial charge in [-0.25, -0.2) is 8.42 Å². The van der Waals surface area contributed by atoms with Crippen molar-refractivity contribution in [2.75, 3.05) is 64.0 Å². The van der Waals surface area contributed by atoms with Crippen molar-refractivity contribution in [1.29, 1.82) is 0 Å². The van der Waals surface area contributed by atoms with Crippen molar-refractivity contribution in [2.24, 2.45) is 10.8 Å². The van der Waals surface area contributed by atoms with Crippen molar-refractivity contribution in [1.82, 2.24) is 4.90 Å². The summed E-state index contributed by atoms with van der Waals surface area (Å²) in [7, 11) is 0.578. The second-order valence-electron chi connectivity index (χ2n) is 16.7. The maximum atomic E-state index is 14.5. The van der Waals surface area contributed by atoms with Gasteiger partial charge < -0.3 is 14.1 Å². The third-order valence-corrected chi connectivity index (χ3v) is 15.6. The van der Waals surface area contributed by atoms with Gasteiger partial charge in [0.15, 0.2) is 9.84 Å². The van der Waals surface area contributed by atoms with Crippen molar-refractivity contribution >= 4 is 15.5 Å². The Morgan fingerprint density at radius 3 is 1.98 bits per heavy atom. The van der Waals surface area contributed by atoms with E-state index in [-0.39, 0.29) is 16.6 Å². The molecule has 1 spiro atoms. The molecule has 1 atom stereocenters. The second kappa shape index (κ2) is 13.6. The molecule has 2 bridgehead atoms. The molecule has 4 fully saturated rings. The normalized spacial score (nSPS) is 27.0. The van der Waals surface area contributed by atoms with Gasteiger partial charge in [0.1, 0.15) is 18.9 Å². The van der Waals surface area contributed by atoms with E-state index in [4.69, 9.17) is 4.74 Å². The van der Waals surface area contributed by atoms with Crippen molar-refractivity contribution in [3.63, 3.8) is 0 Å². The Bertz CT molecular complexity index is 1730. The van der Waals surface area contributed by atoms with E-state index in [0.717, 1.165) is 74.9 Å². The fourth-order valence-corrected chi connectivity index (χ4v) is 12.7. The van der Waals surface area contributed by atoms with E-state index in [1.54, 1.807) is 0 Å². The van der Waals surface area contributed by atoms with Gasteiger partial charge in [-0.2, -0.15) is 0 Å². The minimum atomic E-state index is -3.51. The summed E-state index contributed by atoms with van der Waals surface area (Å²) < 4.78 is 36.7. The molecule has 3 aromatic carbocycles. The van der Waals surface area contributed by atoms with Gasteiger partial charge in [0.05, 0.1) is 30.3 Å². The van der Waals surface area contributed by atoms with E-state index in [1.165, 1.54) is 60.4 Å². The Balaban J connectivity index is 1.18. The highest BCUT2D eigenvalue weighted by atomic mass is 32.2. The van der Waals surface area contributed by atoms with Crippen molar-refractivity contribution < 1.29 is 17.6 Å². The van der Waals surface area contributed by atoms with Gasteiger partial charge in [0, 0.05) is 50.4 Å². The van der Waals surface area contributed by atoms with Crippen LogP contribution in [0.4, 0.5) is 5.69 Å². The molecule has 6 nitrogen and oxygen atoms in total. The standard InChI is InChI=1S/C43H60N3O3S/c1-6-8-20-42(21-9-7-2)33-50(47,48)40-19-16-37(44(4)5)30-39(40)41(3,43(42)22-23-43)36-14-17-38(18-15-36)49-32-35-12-10-34(11-13-35)31-46-27-24-45(25-28-46)26-29-46/h10-19,30H,6-9,20-29,31-33H2,1-5H3/q+1. The van der Waals surface area contributed by atoms with Crippen molar-refractivity contribution in [2.45, 2.75) is 95.6 Å². The molecule has 3 saturated heterocycles. The smallest absolute Gasteiger partial charge is 0.179 e. The number of hydrogen-bond donors (Lipinski definition) is 0. The average Bonchev–Trinajstić information content (AvgIpc) is 3.96. The molecule has 4 heterocycles. The topological polar surface area (TPSA) is 49.9 Å². The summed E-state index contributed by atoms with van der Waals surface area (Å²) in [5.74, 6) is 1.10. The summed E-state index contributed by atoms with van der Waals surface area (Å²) in [4.78, 5) is 5.23. The van der Waals surface area contributed by atoms with Crippen LogP contribution in [0, 0.1) is 10.8 Å². The number of rotatable bonds is 13. The first kappa shape index (κ1) is 35.5. The molecule has 0 amide bonds. The first-order chi connectivity index (χ1) is 24.0. The van der Waals surface area contributed by atoms with E-state index in [9.17, 15) is 8.42 Å². The highest BCUT2D eigenvalue weighted by molar-refractivity contribution is 7.91. The molecule has 5 aliphatic rings. The first-order valence-electron chi connectivity index (χ1n) is 19.4. The molecule has 50 heavy (non-hydrogen) atoms. The van der Waals surface area contributed by atoms with Crippen LogP contribution >= 0.6 is 0 Å². The highest BCUT2D eigenvalue weighted by Gasteiger charge is 2.70. The number of hydrogen-bond acceptors (Lipinski definition) is 5. The van der Waals surface area contributed by atoms with E-state index in [1.807, 2.05) is 26.2 Å². The summed E-state index contributed by atoms with van der Waals surface area (Å²) in [6, 6.07) is 23.9. The lowest BCUT2D eigenvalue weighted by molar-refractivity contribution is -0.953. The molecule has 0 radical (unpaired) electrons. The first-order valence-corrected chi connectivity index (χ1v) is 21.1. The fraction of sp³-hybridized carbons (Fsp3) is 0.581. The number of sulfone groups is 1. The minimum Gasteiger partial charge on any atom is -0.489 e. The van der Waals surface area contributed by atoms with Crippen molar-refractivity contribution in [3.05, 3.63) is 89.0 Å². The van der Waals surface area contributed by atoms with Gasteiger partial charge in [-0.1, -0.05) is 82.9 Å². The molecule has 1 unspecified atom stereocenters. The molecule has 3 aromatic rings. The number of benzene rings is 3. The van der Waals surface area contributed by atoms with Crippen LogP contribution < -0.4 is 9.64 Å². The molecule has 8 rings (SSSR count). The van der Waals surface area contributed by atoms with Gasteiger partial charge in [-0.15, -0.1) is 0 Å². The number of ether oxygens (including phenoxy) is 1. The Morgan fingerprint density at radius 1 is 0.820 bits per heavy atom. The summed E-state index contributed by atoms with van der Waals surface area (Å²) in [5, 5.41) is 0. The number of unbranched alkanes of at least 4 members (excludes halogenated alkanes) is 2. The Hall–Kier alpha value is -2.87. The molecular weight excluding hydrogens is 639 g/mol. The maximum absolute atomic E-state index is 14.5. The number of fused-ring (bicyclic) bond motifs is 4. The number of nitrogens with zero attached hydrogens (tertiary/aromatic N) is 3. The maximum Gasteiger partial charge on any atom is 0.179 e. The van der Waals surface area contributed by atoms with E-state index < -0.39 is 15.3 Å². The molecule has 1 aliphatic carbocycles. The Kier molecular flexibility index (Phi) is 9.66. The van der Waals surface area contributed by atoms with Gasteiger partial charge in [0.2, 0.25) is 0 Å². The van der Waals surface area contributed by atoms with Gasteiger partial charge in [0.25, 0.3) is 0 Å². The van der Waals surface area contributed by atoms with E-state index in [0.29, 0.717) is 11.5 Å².